The first-order chi connectivity index (χ1) is 21.3. The number of aromatic nitrogens is 1. The third-order valence-corrected chi connectivity index (χ3v) is 8.03. The van der Waals surface area contributed by atoms with Crippen LogP contribution in [0.25, 0.3) is 17.0 Å². The highest BCUT2D eigenvalue weighted by Crippen LogP contribution is 2.30. The molecule has 4 N–H and O–H groups in total. The average Bonchev–Trinajstić information content (AvgIpc) is 3.44. The molecule has 0 aliphatic carbocycles. The van der Waals surface area contributed by atoms with Gasteiger partial charge < -0.3 is 25.7 Å². The van der Waals surface area contributed by atoms with E-state index in [2.05, 4.69) is 20.9 Å². The van der Waals surface area contributed by atoms with Crippen LogP contribution in [-0.4, -0.2) is 35.1 Å². The van der Waals surface area contributed by atoms with E-state index in [1.807, 2.05) is 36.4 Å². The summed E-state index contributed by atoms with van der Waals surface area (Å²) < 4.78 is 5.16. The lowest BCUT2D eigenvalue weighted by atomic mass is 10.1. The second-order valence-corrected chi connectivity index (χ2v) is 11.6. The van der Waals surface area contributed by atoms with Gasteiger partial charge in [0.15, 0.2) is 0 Å². The standard InChI is InChI=1S/C34H29ClN4O4S/c1-21(32(40)37-25-15-16-31(43-2)28(35)19-25)44-26-12-8-11-24(18-26)38-34(42)30(39-33(41)22-9-4-3-5-10-22)17-23-20-36-29-14-7-6-13-27(23)29/h3-21,36H,1-2H3,(H,37,40)(H,38,42)(H,39,41)/b30-17-. The summed E-state index contributed by atoms with van der Waals surface area (Å²) in [4.78, 5) is 43.4. The van der Waals surface area contributed by atoms with Gasteiger partial charge in [0, 0.05) is 44.5 Å². The van der Waals surface area contributed by atoms with Gasteiger partial charge in [-0.15, -0.1) is 11.8 Å². The first-order valence-corrected chi connectivity index (χ1v) is 14.9. The van der Waals surface area contributed by atoms with Gasteiger partial charge in [-0.1, -0.05) is 54.1 Å². The molecule has 0 saturated carbocycles. The SMILES string of the molecule is COc1ccc(NC(=O)C(C)Sc2cccc(NC(=O)/C(=C/c3c[nH]c4ccccc34)NC(=O)c3ccccc3)c2)cc1Cl. The number of para-hydroxylation sites is 1. The van der Waals surface area contributed by atoms with Crippen LogP contribution in [0.5, 0.6) is 5.75 Å². The number of hydrogen-bond donors (Lipinski definition) is 4. The molecule has 5 aromatic rings. The lowest BCUT2D eigenvalue weighted by Gasteiger charge is -2.14. The number of hydrogen-bond acceptors (Lipinski definition) is 5. The Bertz CT molecular complexity index is 1850. The molecular formula is C34H29ClN4O4S. The van der Waals surface area contributed by atoms with Crippen molar-refractivity contribution in [1.82, 2.24) is 10.3 Å². The van der Waals surface area contributed by atoms with Crippen LogP contribution >= 0.6 is 23.4 Å². The van der Waals surface area contributed by atoms with E-state index in [9.17, 15) is 14.4 Å². The Morgan fingerprint density at radius 3 is 2.41 bits per heavy atom. The average molecular weight is 625 g/mol. The van der Waals surface area contributed by atoms with Crippen molar-refractivity contribution in [3.05, 3.63) is 125 Å². The maximum atomic E-state index is 13.6. The van der Waals surface area contributed by atoms with Crippen LogP contribution < -0.4 is 20.7 Å². The lowest BCUT2D eigenvalue weighted by Crippen LogP contribution is -2.30. The molecule has 10 heteroatoms. The van der Waals surface area contributed by atoms with Gasteiger partial charge in [0.2, 0.25) is 5.91 Å². The smallest absolute Gasteiger partial charge is 0.272 e. The van der Waals surface area contributed by atoms with Gasteiger partial charge >= 0.3 is 0 Å². The van der Waals surface area contributed by atoms with Gasteiger partial charge in [0.1, 0.15) is 11.4 Å². The molecule has 1 heterocycles. The summed E-state index contributed by atoms with van der Waals surface area (Å²) in [6.07, 6.45) is 3.43. The van der Waals surface area contributed by atoms with Gasteiger partial charge in [-0.25, -0.2) is 0 Å². The number of methoxy groups -OCH3 is 1. The fraction of sp³-hybridized carbons (Fsp3) is 0.0882. The van der Waals surface area contributed by atoms with Gasteiger partial charge in [-0.3, -0.25) is 14.4 Å². The predicted octanol–water partition coefficient (Wildman–Crippen LogP) is 7.36. The highest BCUT2D eigenvalue weighted by molar-refractivity contribution is 8.00. The summed E-state index contributed by atoms with van der Waals surface area (Å²) in [7, 11) is 1.52. The van der Waals surface area contributed by atoms with Crippen molar-refractivity contribution in [1.29, 1.82) is 0 Å². The molecular weight excluding hydrogens is 596 g/mol. The molecule has 0 aliphatic rings. The molecule has 0 spiro atoms. The molecule has 44 heavy (non-hydrogen) atoms. The molecule has 0 radical (unpaired) electrons. The van der Waals surface area contributed by atoms with E-state index in [4.69, 9.17) is 16.3 Å². The minimum Gasteiger partial charge on any atom is -0.495 e. The summed E-state index contributed by atoms with van der Waals surface area (Å²) in [5, 5.41) is 9.37. The van der Waals surface area contributed by atoms with Crippen molar-refractivity contribution in [3.8, 4) is 5.75 Å². The van der Waals surface area contributed by atoms with E-state index in [0.29, 0.717) is 27.7 Å². The van der Waals surface area contributed by atoms with Crippen molar-refractivity contribution in [2.75, 3.05) is 17.7 Å². The monoisotopic (exact) mass is 624 g/mol. The van der Waals surface area contributed by atoms with Crippen molar-refractivity contribution >= 4 is 69.4 Å². The fourth-order valence-corrected chi connectivity index (χ4v) is 5.59. The van der Waals surface area contributed by atoms with Crippen molar-refractivity contribution in [2.24, 2.45) is 0 Å². The van der Waals surface area contributed by atoms with Crippen molar-refractivity contribution < 1.29 is 19.1 Å². The minimum absolute atomic E-state index is 0.0764. The molecule has 5 rings (SSSR count). The van der Waals surface area contributed by atoms with E-state index in [1.165, 1.54) is 18.9 Å². The molecule has 0 aliphatic heterocycles. The Morgan fingerprint density at radius 2 is 1.64 bits per heavy atom. The van der Waals surface area contributed by atoms with Gasteiger partial charge in [0.25, 0.3) is 11.8 Å². The molecule has 222 valence electrons. The Kier molecular flexibility index (Phi) is 9.69. The second-order valence-electron chi connectivity index (χ2n) is 9.75. The Morgan fingerprint density at radius 1 is 0.886 bits per heavy atom. The van der Waals surface area contributed by atoms with Gasteiger partial charge in [-0.05, 0) is 67.6 Å². The van der Waals surface area contributed by atoms with Crippen LogP contribution in [0.3, 0.4) is 0 Å². The van der Waals surface area contributed by atoms with E-state index >= 15 is 0 Å². The molecule has 1 atom stereocenters. The highest BCUT2D eigenvalue weighted by atomic mass is 35.5. The first-order valence-electron chi connectivity index (χ1n) is 13.7. The van der Waals surface area contributed by atoms with Crippen LogP contribution in [0.2, 0.25) is 5.02 Å². The zero-order valence-corrected chi connectivity index (χ0v) is 25.5. The Hall–Kier alpha value is -4.99. The first kappa shape index (κ1) is 30.5. The van der Waals surface area contributed by atoms with E-state index in [-0.39, 0.29) is 11.6 Å². The van der Waals surface area contributed by atoms with E-state index < -0.39 is 17.1 Å². The normalized spacial score (nSPS) is 11.9. The van der Waals surface area contributed by atoms with Crippen LogP contribution in [0, 0.1) is 0 Å². The van der Waals surface area contributed by atoms with Crippen LogP contribution in [0.1, 0.15) is 22.8 Å². The van der Waals surface area contributed by atoms with E-state index in [1.54, 1.807) is 79.9 Å². The number of aromatic amines is 1. The molecule has 0 fully saturated rings. The number of anilines is 2. The number of rotatable bonds is 10. The maximum Gasteiger partial charge on any atom is 0.272 e. The number of nitrogens with one attached hydrogen (secondary N) is 4. The van der Waals surface area contributed by atoms with Crippen LogP contribution in [0.4, 0.5) is 11.4 Å². The highest BCUT2D eigenvalue weighted by Gasteiger charge is 2.18. The molecule has 3 amide bonds. The number of carbonyl (C=O) groups is 3. The van der Waals surface area contributed by atoms with Gasteiger partial charge in [-0.2, -0.15) is 0 Å². The number of H-pyrrole nitrogens is 1. The van der Waals surface area contributed by atoms with Crippen LogP contribution in [0.15, 0.2) is 114 Å². The van der Waals surface area contributed by atoms with Crippen molar-refractivity contribution in [2.45, 2.75) is 17.1 Å². The topological polar surface area (TPSA) is 112 Å². The number of benzene rings is 4. The zero-order valence-electron chi connectivity index (χ0n) is 23.9. The maximum absolute atomic E-state index is 13.6. The number of carbonyl (C=O) groups excluding carboxylic acids is 3. The fourth-order valence-electron chi connectivity index (χ4n) is 4.40. The minimum atomic E-state index is -0.496. The molecule has 4 aromatic carbocycles. The van der Waals surface area contributed by atoms with Crippen molar-refractivity contribution in [3.63, 3.8) is 0 Å². The summed E-state index contributed by atoms with van der Waals surface area (Å²) in [6.45, 7) is 1.79. The molecule has 1 unspecified atom stereocenters. The summed E-state index contributed by atoms with van der Waals surface area (Å²) in [6, 6.07) is 28.6. The number of thioether (sulfide) groups is 1. The number of halogens is 1. The third kappa shape index (κ3) is 7.50. The molecule has 0 saturated heterocycles. The van der Waals surface area contributed by atoms with E-state index in [0.717, 1.165) is 21.4 Å². The largest absolute Gasteiger partial charge is 0.495 e. The molecule has 1 aromatic heterocycles. The van der Waals surface area contributed by atoms with Gasteiger partial charge in [0.05, 0.1) is 17.4 Å². The summed E-state index contributed by atoms with van der Waals surface area (Å²) >= 11 is 7.52. The number of ether oxygens (including phenoxy) is 1. The summed E-state index contributed by atoms with van der Waals surface area (Å²) in [5.74, 6) is -0.596. The Labute approximate surface area is 263 Å². The molecule has 0 bridgehead atoms. The number of amides is 3. The van der Waals surface area contributed by atoms with Crippen LogP contribution in [-0.2, 0) is 9.59 Å². The summed E-state index contributed by atoms with van der Waals surface area (Å²) in [5.41, 5.74) is 3.22. The molecule has 8 nitrogen and oxygen atoms in total. The zero-order chi connectivity index (χ0) is 31.1. The number of fused-ring (bicyclic) bond motifs is 1. The quantitative estimate of drug-likeness (QED) is 0.0958. The lowest BCUT2D eigenvalue weighted by molar-refractivity contribution is -0.115. The predicted molar refractivity (Wildman–Crippen MR) is 177 cm³/mol. The Balaban J connectivity index is 1.31. The third-order valence-electron chi connectivity index (χ3n) is 6.64. The second kappa shape index (κ2) is 14.0.